The Morgan fingerprint density at radius 3 is 2.70 bits per heavy atom. The van der Waals surface area contributed by atoms with Crippen molar-refractivity contribution in [3.63, 3.8) is 0 Å². The lowest BCUT2D eigenvalue weighted by atomic mass is 10.1. The molecule has 6 nitrogen and oxygen atoms in total. The highest BCUT2D eigenvalue weighted by atomic mass is 32.1. The van der Waals surface area contributed by atoms with Crippen molar-refractivity contribution in [2.45, 2.75) is 39.7 Å². The summed E-state index contributed by atoms with van der Waals surface area (Å²) in [4.78, 5) is 31.1. The largest absolute Gasteiger partial charge is 0.494 e. The molecular formula is C13H17N3O3S. The Morgan fingerprint density at radius 1 is 1.45 bits per heavy atom. The normalized spacial score (nSPS) is 11.2. The lowest BCUT2D eigenvalue weighted by Crippen LogP contribution is -2.33. The van der Waals surface area contributed by atoms with E-state index in [0.29, 0.717) is 0 Å². The zero-order chi connectivity index (χ0) is 14.9. The fraction of sp³-hybridized carbons (Fsp3) is 0.462. The van der Waals surface area contributed by atoms with Gasteiger partial charge in [0.1, 0.15) is 5.01 Å². The first kappa shape index (κ1) is 14.5. The third kappa shape index (κ3) is 2.67. The minimum absolute atomic E-state index is 0.159. The Kier molecular flexibility index (Phi) is 4.08. The van der Waals surface area contributed by atoms with E-state index >= 15 is 0 Å². The molecular weight excluding hydrogens is 278 g/mol. The van der Waals surface area contributed by atoms with E-state index in [-0.39, 0.29) is 23.9 Å². The molecule has 0 aromatic carbocycles. The zero-order valence-electron chi connectivity index (χ0n) is 11.6. The molecule has 2 heterocycles. The molecule has 0 saturated carbocycles. The number of rotatable bonds is 4. The van der Waals surface area contributed by atoms with Crippen molar-refractivity contribution in [2.24, 2.45) is 0 Å². The number of H-pyrrole nitrogens is 1. The number of nitrogens with one attached hydrogen (secondary N) is 1. The Labute approximate surface area is 119 Å². The van der Waals surface area contributed by atoms with Crippen LogP contribution in [0.15, 0.2) is 15.8 Å². The van der Waals surface area contributed by atoms with Crippen molar-refractivity contribution < 1.29 is 5.11 Å². The highest BCUT2D eigenvalue weighted by Gasteiger charge is 2.17. The average Bonchev–Trinajstić information content (AvgIpc) is 2.81. The molecule has 7 heteroatoms. The van der Waals surface area contributed by atoms with Gasteiger partial charge in [0.05, 0.1) is 12.1 Å². The SMILES string of the molecule is CCc1cnc(Cn2c(O)c(C(C)C)c(=O)[nH]c2=O)s1. The van der Waals surface area contributed by atoms with Crippen LogP contribution in [0.3, 0.4) is 0 Å². The van der Waals surface area contributed by atoms with Crippen LogP contribution in [0.5, 0.6) is 5.88 Å². The first-order chi connectivity index (χ1) is 9.43. The first-order valence-electron chi connectivity index (χ1n) is 6.43. The minimum Gasteiger partial charge on any atom is -0.494 e. The van der Waals surface area contributed by atoms with Crippen LogP contribution in [0.2, 0.25) is 0 Å². The predicted octanol–water partition coefficient (Wildman–Crippen LogP) is 1.43. The lowest BCUT2D eigenvalue weighted by molar-refractivity contribution is 0.398. The van der Waals surface area contributed by atoms with Gasteiger partial charge in [-0.15, -0.1) is 11.3 Å². The maximum atomic E-state index is 11.8. The van der Waals surface area contributed by atoms with Gasteiger partial charge < -0.3 is 5.11 Å². The van der Waals surface area contributed by atoms with Gasteiger partial charge in [-0.1, -0.05) is 20.8 Å². The number of aromatic nitrogens is 3. The van der Waals surface area contributed by atoms with Gasteiger partial charge in [0.2, 0.25) is 5.88 Å². The molecule has 2 rings (SSSR count). The van der Waals surface area contributed by atoms with Gasteiger partial charge in [0, 0.05) is 11.1 Å². The summed E-state index contributed by atoms with van der Waals surface area (Å²) in [6, 6.07) is 0. The second kappa shape index (κ2) is 5.62. The van der Waals surface area contributed by atoms with E-state index in [9.17, 15) is 14.7 Å². The highest BCUT2D eigenvalue weighted by molar-refractivity contribution is 7.11. The van der Waals surface area contributed by atoms with Crippen molar-refractivity contribution in [2.75, 3.05) is 0 Å². The topological polar surface area (TPSA) is 88.0 Å². The van der Waals surface area contributed by atoms with E-state index < -0.39 is 11.2 Å². The van der Waals surface area contributed by atoms with Crippen LogP contribution in [0.25, 0.3) is 0 Å². The summed E-state index contributed by atoms with van der Waals surface area (Å²) in [6.45, 7) is 5.76. The molecule has 0 aliphatic heterocycles. The van der Waals surface area contributed by atoms with Gasteiger partial charge in [0.15, 0.2) is 0 Å². The average molecular weight is 295 g/mol. The second-order valence-electron chi connectivity index (χ2n) is 4.81. The Balaban J connectivity index is 2.49. The molecule has 0 aliphatic rings. The smallest absolute Gasteiger partial charge is 0.331 e. The summed E-state index contributed by atoms with van der Waals surface area (Å²) in [5.74, 6) is -0.449. The van der Waals surface area contributed by atoms with Crippen LogP contribution in [-0.2, 0) is 13.0 Å². The first-order valence-corrected chi connectivity index (χ1v) is 7.25. The third-order valence-electron chi connectivity index (χ3n) is 3.03. The number of aryl methyl sites for hydroxylation is 1. The van der Waals surface area contributed by atoms with Crippen LogP contribution < -0.4 is 11.2 Å². The van der Waals surface area contributed by atoms with E-state index in [1.165, 1.54) is 11.3 Å². The molecule has 0 amide bonds. The number of thiazole rings is 1. The van der Waals surface area contributed by atoms with Crippen LogP contribution >= 0.6 is 11.3 Å². The number of aromatic amines is 1. The monoisotopic (exact) mass is 295 g/mol. The Bertz CT molecular complexity index is 727. The Morgan fingerprint density at radius 2 is 2.15 bits per heavy atom. The van der Waals surface area contributed by atoms with Crippen molar-refractivity contribution in [1.29, 1.82) is 0 Å². The quantitative estimate of drug-likeness (QED) is 0.893. The summed E-state index contributed by atoms with van der Waals surface area (Å²) < 4.78 is 1.15. The molecule has 0 unspecified atom stereocenters. The van der Waals surface area contributed by atoms with Crippen molar-refractivity contribution >= 4 is 11.3 Å². The van der Waals surface area contributed by atoms with Crippen LogP contribution in [-0.4, -0.2) is 19.6 Å². The number of hydrogen-bond donors (Lipinski definition) is 2. The molecule has 0 radical (unpaired) electrons. The maximum Gasteiger partial charge on any atom is 0.331 e. The molecule has 0 fully saturated rings. The third-order valence-corrected chi connectivity index (χ3v) is 4.15. The predicted molar refractivity (Wildman–Crippen MR) is 77.7 cm³/mol. The fourth-order valence-corrected chi connectivity index (χ4v) is 2.81. The Hall–Kier alpha value is -1.89. The summed E-state index contributed by atoms with van der Waals surface area (Å²) in [5, 5.41) is 10.9. The molecule has 108 valence electrons. The van der Waals surface area contributed by atoms with E-state index in [4.69, 9.17) is 0 Å². The van der Waals surface area contributed by atoms with Crippen LogP contribution in [0, 0.1) is 0 Å². The van der Waals surface area contributed by atoms with Gasteiger partial charge in [-0.2, -0.15) is 0 Å². The van der Waals surface area contributed by atoms with Gasteiger partial charge in [-0.3, -0.25) is 14.3 Å². The van der Waals surface area contributed by atoms with Crippen molar-refractivity contribution in [3.8, 4) is 5.88 Å². The van der Waals surface area contributed by atoms with Crippen molar-refractivity contribution in [3.05, 3.63) is 42.5 Å². The standard InChI is InChI=1S/C13H17N3O3S/c1-4-8-5-14-9(20-8)6-16-12(18)10(7(2)3)11(17)15-13(16)19/h5,7,18H,4,6H2,1-3H3,(H,15,17,19). The van der Waals surface area contributed by atoms with E-state index in [1.54, 1.807) is 20.0 Å². The zero-order valence-corrected chi connectivity index (χ0v) is 12.5. The molecule has 0 spiro atoms. The molecule has 2 aromatic heterocycles. The van der Waals surface area contributed by atoms with E-state index in [2.05, 4.69) is 9.97 Å². The number of hydrogen-bond acceptors (Lipinski definition) is 5. The van der Waals surface area contributed by atoms with Crippen molar-refractivity contribution in [1.82, 2.24) is 14.5 Å². The molecule has 0 saturated heterocycles. The van der Waals surface area contributed by atoms with E-state index in [0.717, 1.165) is 20.9 Å². The minimum atomic E-state index is -0.620. The second-order valence-corrected chi connectivity index (χ2v) is 6.01. The van der Waals surface area contributed by atoms with E-state index in [1.807, 2.05) is 6.92 Å². The summed E-state index contributed by atoms with van der Waals surface area (Å²) in [5.41, 5.74) is -0.936. The van der Waals surface area contributed by atoms with Gasteiger partial charge in [0.25, 0.3) is 5.56 Å². The fourth-order valence-electron chi connectivity index (χ4n) is 1.96. The summed E-state index contributed by atoms with van der Waals surface area (Å²) >= 11 is 1.49. The molecule has 2 N–H and O–H groups in total. The molecule has 0 aliphatic carbocycles. The summed E-state index contributed by atoms with van der Waals surface area (Å²) in [6.07, 6.45) is 2.64. The van der Waals surface area contributed by atoms with Gasteiger partial charge in [-0.25, -0.2) is 9.78 Å². The number of nitrogens with zero attached hydrogens (tertiary/aromatic N) is 2. The molecule has 0 atom stereocenters. The van der Waals surface area contributed by atoms with Crippen LogP contribution in [0.4, 0.5) is 0 Å². The molecule has 0 bridgehead atoms. The van der Waals surface area contributed by atoms with Crippen LogP contribution in [0.1, 0.15) is 42.1 Å². The molecule has 20 heavy (non-hydrogen) atoms. The highest BCUT2D eigenvalue weighted by Crippen LogP contribution is 2.21. The maximum absolute atomic E-state index is 11.8. The molecule has 2 aromatic rings. The number of aromatic hydroxyl groups is 1. The van der Waals surface area contributed by atoms with Gasteiger partial charge >= 0.3 is 5.69 Å². The van der Waals surface area contributed by atoms with Gasteiger partial charge in [-0.05, 0) is 12.3 Å². The lowest BCUT2D eigenvalue weighted by Gasteiger charge is -2.12. The summed E-state index contributed by atoms with van der Waals surface area (Å²) in [7, 11) is 0.